The Morgan fingerprint density at radius 2 is 1.61 bits per heavy atom. The van der Waals surface area contributed by atoms with E-state index in [4.69, 9.17) is 9.47 Å². The zero-order chi connectivity index (χ0) is 23.9. The molecule has 2 atom stereocenters. The molecule has 7 nitrogen and oxygen atoms in total. The zero-order valence-electron chi connectivity index (χ0n) is 19.8. The van der Waals surface area contributed by atoms with Crippen LogP contribution in [0.4, 0.5) is 0 Å². The van der Waals surface area contributed by atoms with Crippen LogP contribution in [0.1, 0.15) is 65.1 Å². The summed E-state index contributed by atoms with van der Waals surface area (Å²) >= 11 is 0. The molecule has 4 rings (SSSR count). The number of carbonyl (C=O) groups excluding carboxylic acids is 3. The fourth-order valence-corrected chi connectivity index (χ4v) is 4.89. The Morgan fingerprint density at radius 1 is 1.03 bits per heavy atom. The molecule has 0 saturated heterocycles. The van der Waals surface area contributed by atoms with Crippen molar-refractivity contribution in [2.24, 2.45) is 5.92 Å². The zero-order valence-corrected chi connectivity index (χ0v) is 19.8. The van der Waals surface area contributed by atoms with Gasteiger partial charge in [0.05, 0.1) is 31.4 Å². The van der Waals surface area contributed by atoms with E-state index in [1.807, 2.05) is 32.9 Å². The van der Waals surface area contributed by atoms with Gasteiger partial charge < -0.3 is 14.4 Å². The van der Waals surface area contributed by atoms with Gasteiger partial charge in [-0.2, -0.15) is 0 Å². The molecule has 0 saturated carbocycles. The molecule has 174 valence electrons. The average molecular weight is 451 g/mol. The average Bonchev–Trinajstić information content (AvgIpc) is 3.06. The van der Waals surface area contributed by atoms with Gasteiger partial charge in [-0.3, -0.25) is 19.3 Å². The van der Waals surface area contributed by atoms with Gasteiger partial charge in [0, 0.05) is 6.54 Å². The summed E-state index contributed by atoms with van der Waals surface area (Å²) in [5.74, 6) is 0.395. The Labute approximate surface area is 194 Å². The Kier molecular flexibility index (Phi) is 6.15. The van der Waals surface area contributed by atoms with Crippen molar-refractivity contribution in [3.8, 4) is 11.5 Å². The minimum atomic E-state index is -0.846. The van der Waals surface area contributed by atoms with E-state index in [0.717, 1.165) is 11.1 Å². The first-order valence-electron chi connectivity index (χ1n) is 11.3. The number of hydrogen-bond acceptors (Lipinski definition) is 5. The lowest BCUT2D eigenvalue weighted by Gasteiger charge is -2.39. The maximum atomic E-state index is 13.9. The number of nitrogens with zero attached hydrogens (tertiary/aromatic N) is 2. The van der Waals surface area contributed by atoms with Gasteiger partial charge in [-0.05, 0) is 61.1 Å². The van der Waals surface area contributed by atoms with Crippen LogP contribution in [0.5, 0.6) is 11.5 Å². The maximum absolute atomic E-state index is 13.9. The van der Waals surface area contributed by atoms with Crippen LogP contribution in [-0.4, -0.2) is 54.3 Å². The summed E-state index contributed by atoms with van der Waals surface area (Å²) in [7, 11) is 3.19. The quantitative estimate of drug-likeness (QED) is 0.625. The second-order valence-corrected chi connectivity index (χ2v) is 9.03. The predicted molar refractivity (Wildman–Crippen MR) is 124 cm³/mol. The van der Waals surface area contributed by atoms with Crippen molar-refractivity contribution < 1.29 is 23.9 Å². The summed E-state index contributed by atoms with van der Waals surface area (Å²) in [4.78, 5) is 43.1. The lowest BCUT2D eigenvalue weighted by Crippen LogP contribution is -2.53. The van der Waals surface area contributed by atoms with Crippen LogP contribution in [0.25, 0.3) is 0 Å². The molecule has 33 heavy (non-hydrogen) atoms. The third-order valence-electron chi connectivity index (χ3n) is 6.58. The normalized spacial score (nSPS) is 18.3. The second kappa shape index (κ2) is 8.89. The Bertz CT molecular complexity index is 1070. The molecule has 3 amide bonds. The molecule has 0 radical (unpaired) electrons. The number of benzene rings is 2. The molecule has 0 spiro atoms. The van der Waals surface area contributed by atoms with E-state index in [9.17, 15) is 14.4 Å². The van der Waals surface area contributed by atoms with Crippen LogP contribution >= 0.6 is 0 Å². The smallest absolute Gasteiger partial charge is 0.262 e. The summed E-state index contributed by atoms with van der Waals surface area (Å²) in [5.41, 5.74) is 2.80. The van der Waals surface area contributed by atoms with E-state index in [2.05, 4.69) is 0 Å². The van der Waals surface area contributed by atoms with Gasteiger partial charge in [-0.1, -0.05) is 26.0 Å². The molecule has 0 N–H and O–H groups in total. The number of amides is 3. The molecule has 0 aliphatic carbocycles. The topological polar surface area (TPSA) is 76.2 Å². The Morgan fingerprint density at radius 3 is 2.15 bits per heavy atom. The van der Waals surface area contributed by atoms with Crippen molar-refractivity contribution in [3.05, 3.63) is 58.7 Å². The van der Waals surface area contributed by atoms with Gasteiger partial charge in [0.2, 0.25) is 5.91 Å². The van der Waals surface area contributed by atoms with E-state index in [1.54, 1.807) is 43.4 Å². The minimum Gasteiger partial charge on any atom is -0.493 e. The number of hydrogen-bond donors (Lipinski definition) is 0. The molecule has 7 heteroatoms. The standard InChI is InChI=1S/C26H30N2O5/c1-15(2)12-21(28-24(29)18-8-6-7-9-19(18)25(28)30)26(31)27-11-10-17-13-22(32-4)23(33-5)14-20(17)16(27)3/h6-9,13-16,21H,10-12H2,1-5H3. The first-order valence-corrected chi connectivity index (χ1v) is 11.3. The second-order valence-electron chi connectivity index (χ2n) is 9.03. The lowest BCUT2D eigenvalue weighted by molar-refractivity contribution is -0.138. The van der Waals surface area contributed by atoms with Gasteiger partial charge in [0.15, 0.2) is 11.5 Å². The highest BCUT2D eigenvalue weighted by atomic mass is 16.5. The van der Waals surface area contributed by atoms with Crippen LogP contribution in [0, 0.1) is 5.92 Å². The Hall–Kier alpha value is -3.35. The highest BCUT2D eigenvalue weighted by Crippen LogP contribution is 2.39. The monoisotopic (exact) mass is 450 g/mol. The minimum absolute atomic E-state index is 0.125. The van der Waals surface area contributed by atoms with Crippen molar-refractivity contribution in [2.45, 2.75) is 45.7 Å². The molecular formula is C26H30N2O5. The van der Waals surface area contributed by atoms with Gasteiger partial charge in [0.25, 0.3) is 11.8 Å². The third kappa shape index (κ3) is 3.86. The van der Waals surface area contributed by atoms with Crippen molar-refractivity contribution in [2.75, 3.05) is 20.8 Å². The van der Waals surface area contributed by atoms with Crippen molar-refractivity contribution >= 4 is 17.7 Å². The first-order chi connectivity index (χ1) is 15.8. The van der Waals surface area contributed by atoms with Gasteiger partial charge >= 0.3 is 0 Å². The molecular weight excluding hydrogens is 420 g/mol. The first kappa shape index (κ1) is 22.8. The summed E-state index contributed by atoms with van der Waals surface area (Å²) in [6.07, 6.45) is 1.06. The van der Waals surface area contributed by atoms with Crippen LogP contribution in [0.15, 0.2) is 36.4 Å². The third-order valence-corrected chi connectivity index (χ3v) is 6.58. The molecule has 2 unspecified atom stereocenters. The van der Waals surface area contributed by atoms with Crippen LogP contribution in [-0.2, 0) is 11.2 Å². The van der Waals surface area contributed by atoms with Gasteiger partial charge in [0.1, 0.15) is 6.04 Å². The van der Waals surface area contributed by atoms with Gasteiger partial charge in [-0.15, -0.1) is 0 Å². The highest BCUT2D eigenvalue weighted by molar-refractivity contribution is 6.22. The molecule has 2 heterocycles. The van der Waals surface area contributed by atoms with Gasteiger partial charge in [-0.25, -0.2) is 0 Å². The summed E-state index contributed by atoms with van der Waals surface area (Å²) in [6.45, 7) is 6.45. The molecule has 2 aromatic carbocycles. The summed E-state index contributed by atoms with van der Waals surface area (Å²) in [5, 5.41) is 0. The number of imide groups is 1. The number of carbonyl (C=O) groups is 3. The van der Waals surface area contributed by atoms with E-state index >= 15 is 0 Å². The molecule has 2 aromatic rings. The van der Waals surface area contributed by atoms with Crippen molar-refractivity contribution in [1.29, 1.82) is 0 Å². The maximum Gasteiger partial charge on any atom is 0.262 e. The molecule has 0 bridgehead atoms. The lowest BCUT2D eigenvalue weighted by atomic mass is 9.91. The molecule has 0 aromatic heterocycles. The van der Waals surface area contributed by atoms with E-state index in [-0.39, 0.29) is 17.9 Å². The molecule has 0 fully saturated rings. The number of fused-ring (bicyclic) bond motifs is 2. The summed E-state index contributed by atoms with van der Waals surface area (Å²) < 4.78 is 10.9. The van der Waals surface area contributed by atoms with E-state index in [0.29, 0.717) is 42.0 Å². The fourth-order valence-electron chi connectivity index (χ4n) is 4.89. The number of ether oxygens (including phenoxy) is 2. The van der Waals surface area contributed by atoms with Crippen LogP contribution < -0.4 is 9.47 Å². The van der Waals surface area contributed by atoms with Crippen molar-refractivity contribution in [1.82, 2.24) is 9.80 Å². The Balaban J connectivity index is 1.67. The van der Waals surface area contributed by atoms with E-state index < -0.39 is 17.9 Å². The van der Waals surface area contributed by atoms with Crippen molar-refractivity contribution in [3.63, 3.8) is 0 Å². The summed E-state index contributed by atoms with van der Waals surface area (Å²) in [6, 6.07) is 9.56. The number of rotatable bonds is 6. The fraction of sp³-hybridized carbons (Fsp3) is 0.423. The van der Waals surface area contributed by atoms with Crippen LogP contribution in [0.3, 0.4) is 0 Å². The molecule has 2 aliphatic heterocycles. The predicted octanol–water partition coefficient (Wildman–Crippen LogP) is 3.86. The molecule has 2 aliphatic rings. The van der Waals surface area contributed by atoms with Crippen LogP contribution in [0.2, 0.25) is 0 Å². The van der Waals surface area contributed by atoms with E-state index in [1.165, 1.54) is 4.90 Å². The largest absolute Gasteiger partial charge is 0.493 e. The number of methoxy groups -OCH3 is 2. The highest BCUT2D eigenvalue weighted by Gasteiger charge is 2.45. The SMILES string of the molecule is COc1cc2c(cc1OC)C(C)N(C(=O)C(CC(C)C)N1C(=O)c3ccccc3C1=O)CC2.